The molecule has 176 valence electrons. The quantitative estimate of drug-likeness (QED) is 0.522. The highest BCUT2D eigenvalue weighted by molar-refractivity contribution is 5.95. The Kier molecular flexibility index (Phi) is 5.99. The van der Waals surface area contributed by atoms with Crippen molar-refractivity contribution < 1.29 is 13.2 Å². The van der Waals surface area contributed by atoms with Crippen LogP contribution in [0.15, 0.2) is 36.4 Å². The van der Waals surface area contributed by atoms with E-state index in [1.165, 1.54) is 13.0 Å². The monoisotopic (exact) mass is 457 g/mol. The number of aryl methyl sites for hydroxylation is 1. The molecule has 5 nitrogen and oxygen atoms in total. The molecule has 1 unspecified atom stereocenters. The van der Waals surface area contributed by atoms with Gasteiger partial charge in [0.15, 0.2) is 5.82 Å². The number of aromatic nitrogens is 2. The normalized spacial score (nSPS) is 17.3. The molecule has 8 heteroatoms. The molecule has 0 amide bonds. The van der Waals surface area contributed by atoms with Crippen LogP contribution in [0, 0.1) is 13.8 Å². The van der Waals surface area contributed by atoms with Gasteiger partial charge in [-0.3, -0.25) is 0 Å². The van der Waals surface area contributed by atoms with Crippen molar-refractivity contribution in [1.29, 1.82) is 0 Å². The SMILES string of the molecule is Cc1c(C(C)Nc2nnc(C)c3ccc(N4CCC(C)(N)CC4)cc23)cccc1C(F)(F)F. The van der Waals surface area contributed by atoms with Crippen LogP contribution in [0.5, 0.6) is 0 Å². The summed E-state index contributed by atoms with van der Waals surface area (Å²) < 4.78 is 40.2. The summed E-state index contributed by atoms with van der Waals surface area (Å²) in [6, 6.07) is 10.1. The predicted octanol–water partition coefficient (Wildman–Crippen LogP) is 5.76. The molecule has 33 heavy (non-hydrogen) atoms. The number of rotatable bonds is 4. The van der Waals surface area contributed by atoms with Crippen LogP contribution in [0.2, 0.25) is 0 Å². The van der Waals surface area contributed by atoms with Crippen LogP contribution >= 0.6 is 0 Å². The molecule has 1 aromatic heterocycles. The molecule has 1 atom stereocenters. The van der Waals surface area contributed by atoms with Crippen molar-refractivity contribution in [1.82, 2.24) is 10.2 Å². The van der Waals surface area contributed by atoms with Crippen molar-refractivity contribution in [3.8, 4) is 0 Å². The highest BCUT2D eigenvalue weighted by Crippen LogP contribution is 2.36. The van der Waals surface area contributed by atoms with Crippen molar-refractivity contribution in [3.63, 3.8) is 0 Å². The van der Waals surface area contributed by atoms with Gasteiger partial charge in [-0.2, -0.15) is 18.3 Å². The number of nitrogens with zero attached hydrogens (tertiary/aromatic N) is 3. The van der Waals surface area contributed by atoms with Gasteiger partial charge in [-0.15, -0.1) is 5.10 Å². The second-order valence-electron chi connectivity index (χ2n) is 9.39. The second kappa shape index (κ2) is 8.48. The first-order valence-electron chi connectivity index (χ1n) is 11.2. The lowest BCUT2D eigenvalue weighted by molar-refractivity contribution is -0.138. The van der Waals surface area contributed by atoms with E-state index in [1.807, 2.05) is 19.9 Å². The zero-order valence-electron chi connectivity index (χ0n) is 19.4. The van der Waals surface area contributed by atoms with Crippen LogP contribution in [0.25, 0.3) is 10.8 Å². The van der Waals surface area contributed by atoms with E-state index in [-0.39, 0.29) is 17.1 Å². The number of halogens is 3. The minimum atomic E-state index is -4.39. The first-order chi connectivity index (χ1) is 15.5. The molecule has 3 aromatic rings. The van der Waals surface area contributed by atoms with E-state index in [1.54, 1.807) is 6.07 Å². The van der Waals surface area contributed by atoms with Gasteiger partial charge in [0.1, 0.15) is 0 Å². The fourth-order valence-electron chi connectivity index (χ4n) is 4.57. The van der Waals surface area contributed by atoms with Crippen LogP contribution in [0.1, 0.15) is 55.1 Å². The highest BCUT2D eigenvalue weighted by atomic mass is 19.4. The third kappa shape index (κ3) is 4.76. The van der Waals surface area contributed by atoms with Gasteiger partial charge in [0, 0.05) is 35.1 Å². The van der Waals surface area contributed by atoms with Crippen LogP contribution in [0.4, 0.5) is 24.7 Å². The molecule has 0 radical (unpaired) electrons. The fourth-order valence-corrected chi connectivity index (χ4v) is 4.57. The molecule has 2 heterocycles. The highest BCUT2D eigenvalue weighted by Gasteiger charge is 2.33. The molecule has 0 saturated carbocycles. The Morgan fingerprint density at radius 1 is 1.06 bits per heavy atom. The molecule has 3 N–H and O–H groups in total. The summed E-state index contributed by atoms with van der Waals surface area (Å²) in [5.74, 6) is 0.558. The van der Waals surface area contributed by atoms with Crippen molar-refractivity contribution in [3.05, 3.63) is 58.8 Å². The maximum atomic E-state index is 13.4. The third-order valence-corrected chi connectivity index (χ3v) is 6.72. The largest absolute Gasteiger partial charge is 0.416 e. The van der Waals surface area contributed by atoms with Crippen LogP contribution < -0.4 is 16.0 Å². The summed E-state index contributed by atoms with van der Waals surface area (Å²) in [6.07, 6.45) is -2.57. The molecular weight excluding hydrogens is 427 g/mol. The number of piperidine rings is 1. The average Bonchev–Trinajstić information content (AvgIpc) is 2.75. The first-order valence-corrected chi connectivity index (χ1v) is 11.2. The van der Waals surface area contributed by atoms with Gasteiger partial charge in [-0.1, -0.05) is 18.2 Å². The molecule has 1 saturated heterocycles. The van der Waals surface area contributed by atoms with E-state index in [0.717, 1.165) is 54.2 Å². The van der Waals surface area contributed by atoms with E-state index >= 15 is 0 Å². The molecule has 1 aliphatic rings. The maximum absolute atomic E-state index is 13.4. The lowest BCUT2D eigenvalue weighted by Crippen LogP contribution is -2.48. The molecule has 2 aromatic carbocycles. The summed E-state index contributed by atoms with van der Waals surface area (Å²) in [4.78, 5) is 2.31. The number of fused-ring (bicyclic) bond motifs is 1. The van der Waals surface area contributed by atoms with E-state index in [9.17, 15) is 13.2 Å². The minimum absolute atomic E-state index is 0.139. The Morgan fingerprint density at radius 2 is 1.76 bits per heavy atom. The summed E-state index contributed by atoms with van der Waals surface area (Å²) in [7, 11) is 0. The second-order valence-corrected chi connectivity index (χ2v) is 9.39. The smallest absolute Gasteiger partial charge is 0.371 e. The van der Waals surface area contributed by atoms with Crippen LogP contribution in [0.3, 0.4) is 0 Å². The molecule has 0 aliphatic carbocycles. The van der Waals surface area contributed by atoms with Gasteiger partial charge in [0.25, 0.3) is 0 Å². The van der Waals surface area contributed by atoms with Gasteiger partial charge in [-0.25, -0.2) is 0 Å². The molecule has 0 spiro atoms. The fraction of sp³-hybridized carbons (Fsp3) is 0.440. The number of nitrogens with one attached hydrogen (secondary N) is 1. The van der Waals surface area contributed by atoms with Crippen LogP contribution in [-0.2, 0) is 6.18 Å². The van der Waals surface area contributed by atoms with Gasteiger partial charge in [0.2, 0.25) is 0 Å². The Bertz CT molecular complexity index is 1160. The predicted molar refractivity (Wildman–Crippen MR) is 127 cm³/mol. The Labute approximate surface area is 192 Å². The Morgan fingerprint density at radius 3 is 2.42 bits per heavy atom. The summed E-state index contributed by atoms with van der Waals surface area (Å²) in [5, 5.41) is 13.8. The molecule has 4 rings (SSSR count). The van der Waals surface area contributed by atoms with Gasteiger partial charge in [0.05, 0.1) is 17.3 Å². The maximum Gasteiger partial charge on any atom is 0.416 e. The Balaban J connectivity index is 1.68. The van der Waals surface area contributed by atoms with Gasteiger partial charge >= 0.3 is 6.18 Å². The van der Waals surface area contributed by atoms with E-state index in [0.29, 0.717) is 11.4 Å². The van der Waals surface area contributed by atoms with Crippen LogP contribution in [-0.4, -0.2) is 28.8 Å². The number of alkyl halides is 3. The summed E-state index contributed by atoms with van der Waals surface area (Å²) >= 11 is 0. The number of hydrogen-bond acceptors (Lipinski definition) is 5. The van der Waals surface area contributed by atoms with E-state index in [4.69, 9.17) is 5.73 Å². The lowest BCUT2D eigenvalue weighted by Gasteiger charge is -2.38. The molecule has 1 fully saturated rings. The van der Waals surface area contributed by atoms with Crippen molar-refractivity contribution in [2.75, 3.05) is 23.3 Å². The number of nitrogens with two attached hydrogens (primary N) is 1. The lowest BCUT2D eigenvalue weighted by atomic mass is 9.90. The zero-order chi connectivity index (χ0) is 24.0. The topological polar surface area (TPSA) is 67.1 Å². The van der Waals surface area contributed by atoms with E-state index in [2.05, 4.69) is 39.5 Å². The standard InChI is InChI=1S/C25H30F3N5/c1-15-19(6-5-7-22(15)25(26,27)28)16(2)30-23-21-14-18(8-9-20(21)17(3)31-32-23)33-12-10-24(4,29)11-13-33/h5-9,14,16H,10-13,29H2,1-4H3,(H,30,32). The molecule has 0 bridgehead atoms. The zero-order valence-corrected chi connectivity index (χ0v) is 19.4. The molecular formula is C25H30F3N5. The van der Waals surface area contributed by atoms with Crippen molar-refractivity contribution in [2.24, 2.45) is 5.73 Å². The van der Waals surface area contributed by atoms with Crippen molar-refractivity contribution >= 4 is 22.3 Å². The molecule has 1 aliphatic heterocycles. The average molecular weight is 458 g/mol. The summed E-state index contributed by atoms with van der Waals surface area (Å²) in [6.45, 7) is 9.08. The van der Waals surface area contributed by atoms with E-state index < -0.39 is 11.7 Å². The third-order valence-electron chi connectivity index (χ3n) is 6.72. The summed E-state index contributed by atoms with van der Waals surface area (Å²) in [5.41, 5.74) is 8.21. The first kappa shape index (κ1) is 23.3. The number of anilines is 2. The van der Waals surface area contributed by atoms with Crippen molar-refractivity contribution in [2.45, 2.75) is 58.3 Å². The minimum Gasteiger partial charge on any atom is -0.371 e. The van der Waals surface area contributed by atoms with Gasteiger partial charge in [-0.05, 0) is 69.9 Å². The number of hydrogen-bond donors (Lipinski definition) is 2. The van der Waals surface area contributed by atoms with Gasteiger partial charge < -0.3 is 16.0 Å². The Hall–Kier alpha value is -2.87. The number of benzene rings is 2.